The third kappa shape index (κ3) is 21.4. The summed E-state index contributed by atoms with van der Waals surface area (Å²) in [5.74, 6) is -3.56. The van der Waals surface area contributed by atoms with E-state index in [1.165, 1.54) is 12.5 Å². The van der Waals surface area contributed by atoms with E-state index in [1.807, 2.05) is 50.2 Å². The van der Waals surface area contributed by atoms with Crippen molar-refractivity contribution in [2.45, 2.75) is 225 Å². The number of carboxylic acid groups (broad SMARTS) is 1. The number of hydrogen-bond acceptors (Lipinski definition) is 32. The first kappa shape index (κ1) is 90.9. The van der Waals surface area contributed by atoms with Gasteiger partial charge < -0.3 is 156 Å². The summed E-state index contributed by atoms with van der Waals surface area (Å²) in [4.78, 5) is 23.4. The van der Waals surface area contributed by atoms with E-state index in [4.69, 9.17) is 48.8 Å². The van der Waals surface area contributed by atoms with Crippen molar-refractivity contribution >= 4 is 22.5 Å². The predicted octanol–water partition coefficient (Wildman–Crippen LogP) is -0.759. The number of phenols is 4. The normalized spacial score (nSPS) is 33.1. The molecule has 26 atom stereocenters. The van der Waals surface area contributed by atoms with Crippen molar-refractivity contribution in [3.05, 3.63) is 160 Å². The van der Waals surface area contributed by atoms with Gasteiger partial charge in [0, 0.05) is 11.6 Å². The fourth-order valence-corrected chi connectivity index (χ4v) is 14.1. The lowest BCUT2D eigenvalue weighted by Crippen LogP contribution is -2.55. The van der Waals surface area contributed by atoms with Crippen LogP contribution in [0.1, 0.15) is 133 Å². The molecular formula is C78H106O33. The molecule has 25 N–H and O–H groups in total. The zero-order valence-corrected chi connectivity index (χ0v) is 60.3. The maximum absolute atomic E-state index is 11.9. The standard InChI is InChI=1S/C25H32O9.C14H18O9.2C13H18O5.C12H16O5.CH4/c26-12-19-21(28)22(29)23(30)24(34-19)20-16-11-15(8-6-14(16)7-9-17(20)27)33-18(25(31)32)10-13-4-2-1-3-5-13;1-4(16)8-5(17)2-6(18)9(11(8)20)14-13(22)12(21)10(19)7(3-15)23-14;1-7-2-4-8(5-3-7)13-12(17)11(16)10(15)9(6-14)18-13;1-7-3-2-4-8(5-7)13-12(17)11(16)10(15)9(6-14)18-13;13-6-8-9(14)10(15)11(16)12(17-8)7-4-2-1-3-5-7;/h6-9,11,13,18-19,21-24,26-30H,1-5,10,12H2,(H,31,32);2,7,10,12-15,17-22H,3H2,1H3;2*2-5,9-17H,6H2,1H3;1-5,8-16H,6H2;1H4/t18-,19+,21+,22-,23-,24+;7-,10-,12+,13+,14-;2*9-,10-,11+,12+,13-;8-,9-,10+,11+,12-;/m01111./s1. The highest BCUT2D eigenvalue weighted by atomic mass is 16.6. The maximum Gasteiger partial charge on any atom is 0.344 e. The first-order valence-electron chi connectivity index (χ1n) is 35.9. The van der Waals surface area contributed by atoms with Crippen molar-refractivity contribution in [3.63, 3.8) is 0 Å². The van der Waals surface area contributed by atoms with E-state index in [0.29, 0.717) is 39.8 Å². The molecule has 0 unspecified atom stereocenters. The van der Waals surface area contributed by atoms with Gasteiger partial charge in [0.2, 0.25) is 0 Å². The van der Waals surface area contributed by atoms with Crippen molar-refractivity contribution in [1.82, 2.24) is 0 Å². The van der Waals surface area contributed by atoms with Crippen LogP contribution in [0, 0.1) is 19.8 Å². The molecule has 0 amide bonds. The highest BCUT2D eigenvalue weighted by molar-refractivity contribution is 6.00. The predicted molar refractivity (Wildman–Crippen MR) is 389 cm³/mol. The number of ketones is 1. The highest BCUT2D eigenvalue weighted by Crippen LogP contribution is 2.47. The van der Waals surface area contributed by atoms with Crippen LogP contribution in [0.3, 0.4) is 0 Å². The summed E-state index contributed by atoms with van der Waals surface area (Å²) >= 11 is 0. The van der Waals surface area contributed by atoms with Gasteiger partial charge in [-0.25, -0.2) is 4.79 Å². The Labute approximate surface area is 638 Å². The quantitative estimate of drug-likeness (QED) is 0.0530. The van der Waals surface area contributed by atoms with Gasteiger partial charge in [0.15, 0.2) is 11.9 Å². The second-order valence-electron chi connectivity index (χ2n) is 28.2. The molecule has 12 rings (SSSR count). The molecule has 616 valence electrons. The van der Waals surface area contributed by atoms with E-state index in [1.54, 1.807) is 66.7 Å². The average molecular weight is 1570 g/mol. The van der Waals surface area contributed by atoms with Crippen LogP contribution in [0.4, 0.5) is 0 Å². The topological polar surface area (TPSA) is 595 Å². The van der Waals surface area contributed by atoms with Gasteiger partial charge in [-0.15, -0.1) is 0 Å². The maximum atomic E-state index is 11.9. The molecule has 33 nitrogen and oxygen atoms in total. The highest BCUT2D eigenvalue weighted by Gasteiger charge is 2.50. The number of aliphatic carboxylic acids is 1. The number of aliphatic hydroxyl groups is 20. The molecule has 5 aliphatic heterocycles. The Morgan fingerprint density at radius 2 is 0.802 bits per heavy atom. The number of fused-ring (bicyclic) bond motifs is 1. The second kappa shape index (κ2) is 41.1. The minimum absolute atomic E-state index is 0. The van der Waals surface area contributed by atoms with Crippen molar-refractivity contribution in [2.75, 3.05) is 33.0 Å². The van der Waals surface area contributed by atoms with E-state index in [9.17, 15) is 117 Å². The smallest absolute Gasteiger partial charge is 0.344 e. The van der Waals surface area contributed by atoms with E-state index >= 15 is 0 Å². The summed E-state index contributed by atoms with van der Waals surface area (Å²) < 4.78 is 33.1. The molecule has 1 aliphatic carbocycles. The third-order valence-electron chi connectivity index (χ3n) is 20.4. The fourth-order valence-electron chi connectivity index (χ4n) is 14.1. The van der Waals surface area contributed by atoms with Gasteiger partial charge in [-0.3, -0.25) is 4.79 Å². The summed E-state index contributed by atoms with van der Waals surface area (Å²) in [6.07, 6.45) is -26.7. The van der Waals surface area contributed by atoms with Gasteiger partial charge in [0.1, 0.15) is 187 Å². The Balaban J connectivity index is 0.000000198. The van der Waals surface area contributed by atoms with Crippen molar-refractivity contribution in [3.8, 4) is 28.7 Å². The summed E-state index contributed by atoms with van der Waals surface area (Å²) in [6.45, 7) is 2.41. The van der Waals surface area contributed by atoms with Crippen molar-refractivity contribution in [1.29, 1.82) is 0 Å². The van der Waals surface area contributed by atoms with Crippen molar-refractivity contribution in [2.24, 2.45) is 5.92 Å². The lowest BCUT2D eigenvalue weighted by Gasteiger charge is -2.40. The Morgan fingerprint density at radius 1 is 0.405 bits per heavy atom. The molecule has 6 aliphatic rings. The number of aliphatic hydroxyl groups excluding tert-OH is 20. The SMILES string of the molecule is C.CC(=O)c1c(O)cc(O)c([C@H]2O[C@H](CO)[C@@H](O)[C@H](O)[C@@H]2O)c1O.Cc1ccc([C@H]2O[C@H](CO)[C@@H](O)[C@H](O)[C@@H]2O)cc1.Cc1cccc([C@H]2O[C@H](CO)[C@@H](O)[C@H](O)[C@@H]2O)c1.O=C(O)[C@H](CC1CCCCC1)Oc1ccc2ccc(O)c([C@H]3O[C@H](CO)[C@@H](O)[C@H](O)[C@@H]3O)c2c1.OC[C@H]1O[C@H](c2ccccc2)[C@@H](O)[C@@H](O)[C@@H]1O. The summed E-state index contributed by atoms with van der Waals surface area (Å²) in [6, 6.07) is 32.4. The molecule has 6 aromatic carbocycles. The average Bonchev–Trinajstić information content (AvgIpc) is 0.778. The van der Waals surface area contributed by atoms with E-state index in [2.05, 4.69) is 0 Å². The van der Waals surface area contributed by atoms with Crippen LogP contribution >= 0.6 is 0 Å². The number of benzene rings is 6. The minimum atomic E-state index is -1.76. The molecule has 6 fully saturated rings. The number of carboxylic acids is 1. The molecule has 33 heteroatoms. The molecule has 5 saturated heterocycles. The largest absolute Gasteiger partial charge is 0.508 e. The van der Waals surface area contributed by atoms with Crippen LogP contribution in [0.5, 0.6) is 28.7 Å². The van der Waals surface area contributed by atoms with Crippen LogP contribution in [0.25, 0.3) is 10.8 Å². The molecule has 6 aromatic rings. The van der Waals surface area contributed by atoms with E-state index in [0.717, 1.165) is 49.8 Å². The van der Waals surface area contributed by atoms with E-state index < -0.39 is 232 Å². The molecule has 0 bridgehead atoms. The summed E-state index contributed by atoms with van der Waals surface area (Å²) in [5, 5.41) is 245. The zero-order chi connectivity index (χ0) is 80.9. The fraction of sp³-hybridized carbons (Fsp3) is 0.538. The lowest BCUT2D eigenvalue weighted by molar-refractivity contribution is -0.232. The van der Waals surface area contributed by atoms with E-state index in [-0.39, 0.29) is 24.5 Å². The van der Waals surface area contributed by atoms with Crippen LogP contribution in [0.2, 0.25) is 0 Å². The minimum Gasteiger partial charge on any atom is -0.508 e. The number of carbonyl (C=O) groups is 2. The van der Waals surface area contributed by atoms with Crippen LogP contribution in [-0.2, 0) is 28.5 Å². The monoisotopic (exact) mass is 1570 g/mol. The number of Topliss-reactive ketones (excluding diaryl/α,β-unsaturated/α-hetero) is 1. The Bertz CT molecular complexity index is 3880. The molecule has 0 spiro atoms. The Morgan fingerprint density at radius 3 is 1.23 bits per heavy atom. The number of aryl methyl sites for hydroxylation is 2. The second-order valence-corrected chi connectivity index (χ2v) is 28.2. The van der Waals surface area contributed by atoms with Gasteiger partial charge in [-0.1, -0.05) is 142 Å². The van der Waals surface area contributed by atoms with Gasteiger partial charge >= 0.3 is 5.97 Å². The van der Waals surface area contributed by atoms with Gasteiger partial charge in [-0.2, -0.15) is 0 Å². The Hall–Kier alpha value is -7.28. The zero-order valence-electron chi connectivity index (χ0n) is 60.3. The number of aromatic hydroxyl groups is 4. The first-order valence-corrected chi connectivity index (χ1v) is 35.9. The number of phenolic OH excluding ortho intramolecular Hbond substituents is 4. The van der Waals surface area contributed by atoms with Crippen LogP contribution in [0.15, 0.2) is 115 Å². The molecular weight excluding hydrogens is 1460 g/mol. The number of carbonyl (C=O) groups excluding carboxylic acids is 1. The third-order valence-corrected chi connectivity index (χ3v) is 20.4. The van der Waals surface area contributed by atoms with Gasteiger partial charge in [0.25, 0.3) is 0 Å². The number of ether oxygens (including phenoxy) is 6. The molecule has 0 aromatic heterocycles. The van der Waals surface area contributed by atoms with Crippen LogP contribution in [-0.4, -0.2) is 301 Å². The van der Waals surface area contributed by atoms with Gasteiger partial charge in [-0.05, 0) is 78.8 Å². The van der Waals surface area contributed by atoms with Crippen LogP contribution < -0.4 is 4.74 Å². The Kier molecular flexibility index (Phi) is 33.7. The number of rotatable bonds is 16. The summed E-state index contributed by atoms with van der Waals surface area (Å²) in [7, 11) is 0. The van der Waals surface area contributed by atoms with Crippen molar-refractivity contribution < 1.29 is 166 Å². The molecule has 5 heterocycles. The molecule has 0 radical (unpaired) electrons. The first-order chi connectivity index (χ1) is 52.2. The lowest BCUT2D eigenvalue weighted by atomic mass is 9.85. The summed E-state index contributed by atoms with van der Waals surface area (Å²) in [5.41, 5.74) is 3.42. The number of hydrogen-bond donors (Lipinski definition) is 25. The molecule has 1 saturated carbocycles. The molecule has 111 heavy (non-hydrogen) atoms. The van der Waals surface area contributed by atoms with Gasteiger partial charge in [0.05, 0.1) is 38.6 Å².